The van der Waals surface area contributed by atoms with Crippen molar-refractivity contribution in [2.75, 3.05) is 31.4 Å². The largest absolute Gasteiger partial charge is 0.493 e. The first-order valence-electron chi connectivity index (χ1n) is 9.84. The molecule has 1 heterocycles. The number of amides is 1. The zero-order valence-electron chi connectivity index (χ0n) is 19.1. The lowest BCUT2D eigenvalue weighted by Gasteiger charge is -2.16. The van der Waals surface area contributed by atoms with Crippen LogP contribution in [0.1, 0.15) is 21.9 Å². The van der Waals surface area contributed by atoms with E-state index in [1.54, 1.807) is 13.8 Å². The van der Waals surface area contributed by atoms with E-state index in [-0.39, 0.29) is 16.3 Å². The van der Waals surface area contributed by atoms with E-state index in [0.29, 0.717) is 38.9 Å². The Balaban J connectivity index is 1.82. The number of halogens is 1. The first kappa shape index (κ1) is 25.2. The van der Waals surface area contributed by atoms with Gasteiger partial charge in [-0.2, -0.15) is 0 Å². The molecule has 10 nitrogen and oxygen atoms in total. The molecular formula is C22H23BrN4O6S. The van der Waals surface area contributed by atoms with Gasteiger partial charge in [-0.05, 0) is 60.1 Å². The maximum Gasteiger partial charge on any atom is 0.263 e. The molecule has 180 valence electrons. The molecule has 1 aromatic heterocycles. The number of methoxy groups -OCH3 is 3. The molecular weight excluding hydrogens is 528 g/mol. The van der Waals surface area contributed by atoms with E-state index in [1.165, 1.54) is 57.7 Å². The second kappa shape index (κ2) is 10.3. The van der Waals surface area contributed by atoms with E-state index in [9.17, 15) is 13.2 Å². The topological polar surface area (TPSA) is 129 Å². The number of aryl methyl sites for hydroxylation is 2. The van der Waals surface area contributed by atoms with E-state index >= 15 is 0 Å². The summed E-state index contributed by atoms with van der Waals surface area (Å²) in [6, 6.07) is 8.76. The Hall–Kier alpha value is -3.38. The van der Waals surface area contributed by atoms with Crippen molar-refractivity contribution in [3.63, 3.8) is 0 Å². The number of carbonyl (C=O) groups excluding carboxylic acids is 1. The average molecular weight is 551 g/mol. The molecule has 0 aliphatic carbocycles. The summed E-state index contributed by atoms with van der Waals surface area (Å²) < 4.78 is 44.2. The number of benzene rings is 2. The van der Waals surface area contributed by atoms with Gasteiger partial charge in [0.25, 0.3) is 15.9 Å². The first-order valence-corrected chi connectivity index (χ1v) is 12.1. The van der Waals surface area contributed by atoms with Gasteiger partial charge in [-0.3, -0.25) is 9.52 Å². The lowest BCUT2D eigenvalue weighted by molar-refractivity contribution is 0.102. The molecule has 0 bridgehead atoms. The minimum atomic E-state index is -3.88. The van der Waals surface area contributed by atoms with Crippen molar-refractivity contribution in [1.29, 1.82) is 0 Å². The van der Waals surface area contributed by atoms with Crippen molar-refractivity contribution >= 4 is 43.4 Å². The fourth-order valence-corrected chi connectivity index (χ4v) is 4.80. The highest BCUT2D eigenvalue weighted by Gasteiger charge is 2.23. The second-order valence-corrected chi connectivity index (χ2v) is 9.51. The van der Waals surface area contributed by atoms with Gasteiger partial charge in [0.2, 0.25) is 5.75 Å². The smallest absolute Gasteiger partial charge is 0.263 e. The Labute approximate surface area is 205 Å². The van der Waals surface area contributed by atoms with E-state index in [4.69, 9.17) is 14.2 Å². The molecule has 1 amide bonds. The maximum absolute atomic E-state index is 12.9. The third-order valence-corrected chi connectivity index (χ3v) is 6.80. The highest BCUT2D eigenvalue weighted by molar-refractivity contribution is 9.10. The monoisotopic (exact) mass is 550 g/mol. The predicted octanol–water partition coefficient (Wildman–Crippen LogP) is 3.93. The standard InChI is InChI=1S/C22H23BrN4O6S/c1-12-10-18(25-13(2)24-12)27-34(29,30)15-8-6-14(7-9-15)26-22(28)16-11-17(31-3)20(32-4)21(33-5)19(16)23/h6-11H,1-5H3,(H,26,28)(H,24,25,27). The maximum atomic E-state index is 12.9. The van der Waals surface area contributed by atoms with Crippen molar-refractivity contribution in [3.8, 4) is 17.2 Å². The van der Waals surface area contributed by atoms with Gasteiger partial charge in [-0.25, -0.2) is 18.4 Å². The summed E-state index contributed by atoms with van der Waals surface area (Å²) in [5.41, 5.74) is 1.27. The number of ether oxygens (including phenoxy) is 3. The molecule has 2 N–H and O–H groups in total. The molecule has 34 heavy (non-hydrogen) atoms. The highest BCUT2D eigenvalue weighted by atomic mass is 79.9. The normalized spacial score (nSPS) is 11.0. The van der Waals surface area contributed by atoms with Crippen LogP contribution in [-0.2, 0) is 10.0 Å². The Kier molecular flexibility index (Phi) is 7.62. The third-order valence-electron chi connectivity index (χ3n) is 4.64. The predicted molar refractivity (Wildman–Crippen MR) is 131 cm³/mol. The van der Waals surface area contributed by atoms with Crippen molar-refractivity contribution in [1.82, 2.24) is 9.97 Å². The van der Waals surface area contributed by atoms with Crippen LogP contribution in [-0.4, -0.2) is 45.6 Å². The molecule has 3 rings (SSSR count). The van der Waals surface area contributed by atoms with Gasteiger partial charge in [-0.15, -0.1) is 0 Å². The minimum absolute atomic E-state index is 0.00776. The summed E-state index contributed by atoms with van der Waals surface area (Å²) in [5, 5.41) is 2.73. The number of nitrogens with one attached hydrogen (secondary N) is 2. The lowest BCUT2D eigenvalue weighted by Crippen LogP contribution is -2.16. The summed E-state index contributed by atoms with van der Waals surface area (Å²) in [4.78, 5) is 21.1. The molecule has 0 fully saturated rings. The van der Waals surface area contributed by atoms with Crippen molar-refractivity contribution in [2.24, 2.45) is 0 Å². The number of nitrogens with zero attached hydrogens (tertiary/aromatic N) is 2. The first-order chi connectivity index (χ1) is 16.1. The lowest BCUT2D eigenvalue weighted by atomic mass is 10.1. The van der Waals surface area contributed by atoms with Crippen LogP contribution in [0.4, 0.5) is 11.5 Å². The van der Waals surface area contributed by atoms with Crippen molar-refractivity contribution in [3.05, 3.63) is 58.0 Å². The molecule has 0 atom stereocenters. The van der Waals surface area contributed by atoms with Gasteiger partial charge >= 0.3 is 0 Å². The fourth-order valence-electron chi connectivity index (χ4n) is 3.17. The van der Waals surface area contributed by atoms with E-state index < -0.39 is 15.9 Å². The van der Waals surface area contributed by atoms with Crippen molar-refractivity contribution in [2.45, 2.75) is 18.7 Å². The Morgan fingerprint density at radius 2 is 1.59 bits per heavy atom. The van der Waals surface area contributed by atoms with Crippen LogP contribution in [0, 0.1) is 13.8 Å². The number of rotatable bonds is 8. The van der Waals surface area contributed by atoms with Gasteiger partial charge in [0.1, 0.15) is 11.6 Å². The van der Waals surface area contributed by atoms with Crippen LogP contribution >= 0.6 is 15.9 Å². The van der Waals surface area contributed by atoms with Crippen LogP contribution in [0.2, 0.25) is 0 Å². The van der Waals surface area contributed by atoms with Crippen LogP contribution < -0.4 is 24.2 Å². The number of anilines is 2. The van der Waals surface area contributed by atoms with Gasteiger partial charge in [-0.1, -0.05) is 0 Å². The Morgan fingerprint density at radius 3 is 2.15 bits per heavy atom. The van der Waals surface area contributed by atoms with Gasteiger partial charge in [0.05, 0.1) is 36.3 Å². The summed E-state index contributed by atoms with van der Waals surface area (Å²) in [6.07, 6.45) is 0. The van der Waals surface area contributed by atoms with E-state index in [1.807, 2.05) is 0 Å². The second-order valence-electron chi connectivity index (χ2n) is 7.03. The molecule has 0 spiro atoms. The SMILES string of the molecule is COc1cc(C(=O)Nc2ccc(S(=O)(=O)Nc3cc(C)nc(C)n3)cc2)c(Br)c(OC)c1OC. The number of carbonyl (C=O) groups is 1. The zero-order chi connectivity index (χ0) is 25.0. The summed E-state index contributed by atoms with van der Waals surface area (Å²) >= 11 is 3.37. The molecule has 12 heteroatoms. The van der Waals surface area contributed by atoms with E-state index in [2.05, 4.69) is 35.9 Å². The number of sulfonamides is 1. The molecule has 0 aliphatic heterocycles. The fraction of sp³-hybridized carbons (Fsp3) is 0.227. The molecule has 0 saturated carbocycles. The number of hydrogen-bond donors (Lipinski definition) is 2. The Morgan fingerprint density at radius 1 is 0.941 bits per heavy atom. The molecule has 3 aromatic rings. The number of aromatic nitrogens is 2. The average Bonchev–Trinajstić information content (AvgIpc) is 2.77. The summed E-state index contributed by atoms with van der Waals surface area (Å²) in [7, 11) is 0.472. The van der Waals surface area contributed by atoms with Gasteiger partial charge in [0.15, 0.2) is 11.5 Å². The molecule has 0 saturated heterocycles. The summed E-state index contributed by atoms with van der Waals surface area (Å²) in [6.45, 7) is 3.42. The van der Waals surface area contributed by atoms with Gasteiger partial charge < -0.3 is 19.5 Å². The minimum Gasteiger partial charge on any atom is -0.493 e. The molecule has 2 aromatic carbocycles. The van der Waals surface area contributed by atoms with Crippen LogP contribution in [0.15, 0.2) is 45.8 Å². The van der Waals surface area contributed by atoms with Gasteiger partial charge in [0, 0.05) is 17.4 Å². The van der Waals surface area contributed by atoms with E-state index in [0.717, 1.165) is 0 Å². The zero-order valence-corrected chi connectivity index (χ0v) is 21.5. The van der Waals surface area contributed by atoms with Crippen LogP contribution in [0.3, 0.4) is 0 Å². The summed E-state index contributed by atoms with van der Waals surface area (Å²) in [5.74, 6) is 1.12. The van der Waals surface area contributed by atoms with Crippen LogP contribution in [0.25, 0.3) is 0 Å². The number of hydrogen-bond acceptors (Lipinski definition) is 8. The van der Waals surface area contributed by atoms with Crippen LogP contribution in [0.5, 0.6) is 17.2 Å². The molecule has 0 unspecified atom stereocenters. The molecule has 0 radical (unpaired) electrons. The highest BCUT2D eigenvalue weighted by Crippen LogP contribution is 2.44. The third kappa shape index (κ3) is 5.39. The van der Waals surface area contributed by atoms with Crippen molar-refractivity contribution < 1.29 is 27.4 Å². The Bertz CT molecular complexity index is 1310. The quantitative estimate of drug-likeness (QED) is 0.431. The molecule has 0 aliphatic rings.